The summed E-state index contributed by atoms with van der Waals surface area (Å²) in [6, 6.07) is 9.95. The molecule has 0 saturated heterocycles. The van der Waals surface area contributed by atoms with Gasteiger partial charge in [0.05, 0.1) is 12.1 Å². The van der Waals surface area contributed by atoms with Gasteiger partial charge in [0, 0.05) is 19.0 Å². The zero-order chi connectivity index (χ0) is 13.8. The molecule has 1 N–H and O–H groups in total. The molecule has 1 aromatic carbocycles. The van der Waals surface area contributed by atoms with E-state index in [0.29, 0.717) is 5.92 Å². The summed E-state index contributed by atoms with van der Waals surface area (Å²) in [6.45, 7) is 5.48. The van der Waals surface area contributed by atoms with Gasteiger partial charge in [-0.05, 0) is 30.0 Å². The minimum absolute atomic E-state index is 0.0497. The average molecular weight is 258 g/mol. The van der Waals surface area contributed by atoms with E-state index in [0.717, 1.165) is 35.2 Å². The van der Waals surface area contributed by atoms with Gasteiger partial charge >= 0.3 is 0 Å². The van der Waals surface area contributed by atoms with Gasteiger partial charge in [0.1, 0.15) is 5.82 Å². The Morgan fingerprint density at radius 3 is 2.68 bits per heavy atom. The number of aliphatic hydroxyl groups is 1. The number of nitrogens with zero attached hydrogens (tertiary/aromatic N) is 2. The highest BCUT2D eigenvalue weighted by Gasteiger charge is 2.08. The molecule has 0 saturated carbocycles. The van der Waals surface area contributed by atoms with Crippen molar-refractivity contribution in [1.82, 2.24) is 4.98 Å². The molecule has 3 nitrogen and oxygen atoms in total. The molecular formula is C16H22N2O. The molecule has 0 spiro atoms. The molecule has 0 fully saturated rings. The van der Waals surface area contributed by atoms with Gasteiger partial charge in [0.25, 0.3) is 0 Å². The smallest absolute Gasteiger partial charge is 0.129 e. The van der Waals surface area contributed by atoms with Crippen molar-refractivity contribution in [2.24, 2.45) is 5.92 Å². The molecule has 0 amide bonds. The van der Waals surface area contributed by atoms with E-state index in [-0.39, 0.29) is 6.61 Å². The maximum atomic E-state index is 9.51. The first-order chi connectivity index (χ1) is 9.11. The van der Waals surface area contributed by atoms with E-state index in [1.54, 1.807) is 0 Å². The van der Waals surface area contributed by atoms with Crippen molar-refractivity contribution in [2.45, 2.75) is 26.9 Å². The van der Waals surface area contributed by atoms with Crippen molar-refractivity contribution in [3.8, 4) is 0 Å². The van der Waals surface area contributed by atoms with E-state index in [1.165, 1.54) is 0 Å². The summed E-state index contributed by atoms with van der Waals surface area (Å²) in [4.78, 5) is 6.83. The maximum Gasteiger partial charge on any atom is 0.129 e. The average Bonchev–Trinajstić information content (AvgIpc) is 2.43. The normalized spacial score (nSPS) is 11.2. The first-order valence-electron chi connectivity index (χ1n) is 6.82. The number of anilines is 1. The molecular weight excluding hydrogens is 236 g/mol. The van der Waals surface area contributed by atoms with Crippen LogP contribution in [-0.2, 0) is 6.61 Å². The van der Waals surface area contributed by atoms with Gasteiger partial charge in [-0.15, -0.1) is 0 Å². The topological polar surface area (TPSA) is 36.4 Å². The van der Waals surface area contributed by atoms with Crippen LogP contribution in [0.2, 0.25) is 0 Å². The lowest BCUT2D eigenvalue weighted by Gasteiger charge is -2.20. The predicted molar refractivity (Wildman–Crippen MR) is 80.4 cm³/mol. The van der Waals surface area contributed by atoms with Crippen molar-refractivity contribution < 1.29 is 5.11 Å². The largest absolute Gasteiger partial charge is 0.392 e. The fourth-order valence-electron chi connectivity index (χ4n) is 2.12. The number of pyridine rings is 1. The van der Waals surface area contributed by atoms with Gasteiger partial charge in [-0.2, -0.15) is 0 Å². The van der Waals surface area contributed by atoms with Crippen LogP contribution in [-0.4, -0.2) is 23.7 Å². The zero-order valence-corrected chi connectivity index (χ0v) is 11.9. The number of benzene rings is 1. The Hall–Kier alpha value is -1.61. The minimum atomic E-state index is 0.0497. The van der Waals surface area contributed by atoms with Gasteiger partial charge in [-0.25, -0.2) is 4.98 Å². The van der Waals surface area contributed by atoms with Crippen molar-refractivity contribution in [2.75, 3.05) is 18.5 Å². The molecule has 0 radical (unpaired) electrons. The molecule has 2 rings (SSSR count). The van der Waals surface area contributed by atoms with Crippen LogP contribution in [0.1, 0.15) is 25.8 Å². The molecule has 0 atom stereocenters. The molecule has 0 aliphatic carbocycles. The van der Waals surface area contributed by atoms with Crippen LogP contribution in [0.3, 0.4) is 0 Å². The predicted octanol–water partition coefficient (Wildman–Crippen LogP) is 3.21. The third-order valence-electron chi connectivity index (χ3n) is 3.39. The summed E-state index contributed by atoms with van der Waals surface area (Å²) < 4.78 is 0. The first kappa shape index (κ1) is 13.8. The van der Waals surface area contributed by atoms with Gasteiger partial charge in [-0.1, -0.05) is 32.0 Å². The van der Waals surface area contributed by atoms with E-state index in [1.807, 2.05) is 30.3 Å². The van der Waals surface area contributed by atoms with Crippen molar-refractivity contribution in [3.05, 3.63) is 35.9 Å². The molecule has 3 heteroatoms. The quantitative estimate of drug-likeness (QED) is 0.894. The summed E-state index contributed by atoms with van der Waals surface area (Å²) in [5.41, 5.74) is 1.89. The van der Waals surface area contributed by atoms with Crippen LogP contribution in [0.25, 0.3) is 10.9 Å². The van der Waals surface area contributed by atoms with Crippen molar-refractivity contribution >= 4 is 16.7 Å². The SMILES string of the molecule is CC(C)CCN(C)c1cc(CO)c2ccccc2n1. The van der Waals surface area contributed by atoms with Crippen molar-refractivity contribution in [1.29, 1.82) is 0 Å². The lowest BCUT2D eigenvalue weighted by Crippen LogP contribution is -2.21. The third kappa shape index (κ3) is 3.24. The third-order valence-corrected chi connectivity index (χ3v) is 3.39. The van der Waals surface area contributed by atoms with Gasteiger partial charge in [-0.3, -0.25) is 0 Å². The number of aliphatic hydroxyl groups excluding tert-OH is 1. The number of rotatable bonds is 5. The molecule has 1 aromatic heterocycles. The lowest BCUT2D eigenvalue weighted by atomic mass is 10.1. The van der Waals surface area contributed by atoms with Crippen LogP contribution in [0.4, 0.5) is 5.82 Å². The van der Waals surface area contributed by atoms with E-state index in [2.05, 4.69) is 30.8 Å². The summed E-state index contributed by atoms with van der Waals surface area (Å²) in [5.74, 6) is 1.61. The zero-order valence-electron chi connectivity index (χ0n) is 11.9. The Balaban J connectivity index is 2.33. The van der Waals surface area contributed by atoms with Gasteiger partial charge in [0.2, 0.25) is 0 Å². The summed E-state index contributed by atoms with van der Waals surface area (Å²) >= 11 is 0. The summed E-state index contributed by atoms with van der Waals surface area (Å²) in [6.07, 6.45) is 1.14. The Bertz CT molecular complexity index is 551. The van der Waals surface area contributed by atoms with E-state index >= 15 is 0 Å². The highest BCUT2D eigenvalue weighted by Crippen LogP contribution is 2.22. The highest BCUT2D eigenvalue weighted by molar-refractivity contribution is 5.84. The molecule has 2 aromatic rings. The molecule has 1 heterocycles. The van der Waals surface area contributed by atoms with E-state index in [4.69, 9.17) is 0 Å². The second-order valence-corrected chi connectivity index (χ2v) is 5.42. The Labute approximate surface area is 114 Å². The number of hydrogen-bond donors (Lipinski definition) is 1. The molecule has 0 bridgehead atoms. The van der Waals surface area contributed by atoms with Crippen LogP contribution >= 0.6 is 0 Å². The van der Waals surface area contributed by atoms with Crippen LogP contribution < -0.4 is 4.90 Å². The minimum Gasteiger partial charge on any atom is -0.392 e. The lowest BCUT2D eigenvalue weighted by molar-refractivity contribution is 0.283. The molecule has 0 unspecified atom stereocenters. The number of aromatic nitrogens is 1. The summed E-state index contributed by atoms with van der Waals surface area (Å²) in [5, 5.41) is 10.5. The van der Waals surface area contributed by atoms with E-state index in [9.17, 15) is 5.11 Å². The highest BCUT2D eigenvalue weighted by atomic mass is 16.3. The number of hydrogen-bond acceptors (Lipinski definition) is 3. The molecule has 102 valence electrons. The van der Waals surface area contributed by atoms with Crippen LogP contribution in [0.5, 0.6) is 0 Å². The fraction of sp³-hybridized carbons (Fsp3) is 0.438. The van der Waals surface area contributed by atoms with E-state index < -0.39 is 0 Å². The second kappa shape index (κ2) is 6.02. The Morgan fingerprint density at radius 2 is 2.00 bits per heavy atom. The van der Waals surface area contributed by atoms with Gasteiger partial charge in [0.15, 0.2) is 0 Å². The van der Waals surface area contributed by atoms with Crippen molar-refractivity contribution in [3.63, 3.8) is 0 Å². The van der Waals surface area contributed by atoms with Crippen LogP contribution in [0, 0.1) is 5.92 Å². The molecule has 19 heavy (non-hydrogen) atoms. The Morgan fingerprint density at radius 1 is 1.26 bits per heavy atom. The Kier molecular flexibility index (Phi) is 4.38. The monoisotopic (exact) mass is 258 g/mol. The van der Waals surface area contributed by atoms with Gasteiger partial charge < -0.3 is 10.0 Å². The number of para-hydroxylation sites is 1. The summed E-state index contributed by atoms with van der Waals surface area (Å²) in [7, 11) is 2.06. The molecule has 0 aliphatic heterocycles. The number of fused-ring (bicyclic) bond motifs is 1. The van der Waals surface area contributed by atoms with Crippen LogP contribution in [0.15, 0.2) is 30.3 Å². The second-order valence-electron chi connectivity index (χ2n) is 5.42. The standard InChI is InChI=1S/C16H22N2O/c1-12(2)8-9-18(3)16-10-13(11-19)14-6-4-5-7-15(14)17-16/h4-7,10,12,19H,8-9,11H2,1-3H3. The maximum absolute atomic E-state index is 9.51. The first-order valence-corrected chi connectivity index (χ1v) is 6.82. The molecule has 0 aliphatic rings. The fourth-order valence-corrected chi connectivity index (χ4v) is 2.12.